The van der Waals surface area contributed by atoms with Crippen LogP contribution in [0.2, 0.25) is 0 Å². The summed E-state index contributed by atoms with van der Waals surface area (Å²) in [7, 11) is 1.82. The van der Waals surface area contributed by atoms with Crippen molar-refractivity contribution in [3.63, 3.8) is 0 Å². The van der Waals surface area contributed by atoms with Gasteiger partial charge in [0.15, 0.2) is 0 Å². The number of methoxy groups -OCH3 is 1. The van der Waals surface area contributed by atoms with Crippen LogP contribution in [0.25, 0.3) is 17.2 Å². The summed E-state index contributed by atoms with van der Waals surface area (Å²) in [6.07, 6.45) is 12.4. The number of hydrogen-bond donors (Lipinski definition) is 0. The van der Waals surface area contributed by atoms with E-state index < -0.39 is 23.2 Å². The number of rotatable bonds is 7. The zero-order chi connectivity index (χ0) is 26.3. The Bertz CT molecular complexity index is 1190. The molecule has 0 saturated carbocycles. The van der Waals surface area contributed by atoms with Crippen LogP contribution in [0.15, 0.2) is 56.9 Å². The van der Waals surface area contributed by atoms with Gasteiger partial charge in [-0.3, -0.25) is 0 Å². The summed E-state index contributed by atoms with van der Waals surface area (Å²) >= 11 is -0.753. The molecule has 2 aromatic carbocycles. The van der Waals surface area contributed by atoms with Gasteiger partial charge in [0.25, 0.3) is 0 Å². The van der Waals surface area contributed by atoms with Crippen LogP contribution >= 0.6 is 0 Å². The molecule has 2 heteroatoms. The first-order chi connectivity index (χ1) is 17.0. The van der Waals surface area contributed by atoms with Gasteiger partial charge in [-0.2, -0.15) is 0 Å². The molecule has 0 heterocycles. The van der Waals surface area contributed by atoms with E-state index in [1.165, 1.54) is 53.5 Å². The third kappa shape index (κ3) is 5.45. The Labute approximate surface area is 231 Å². The summed E-state index contributed by atoms with van der Waals surface area (Å²) in [5.74, 6) is 1.05. The molecule has 1 nitrogen and oxygen atoms in total. The summed E-state index contributed by atoms with van der Waals surface area (Å²) in [6.45, 7) is 18.4. The van der Waals surface area contributed by atoms with E-state index in [-0.39, 0.29) is 10.8 Å². The van der Waals surface area contributed by atoms with Crippen LogP contribution in [-0.4, -0.2) is 7.11 Å². The molecular weight excluding hydrogens is 516 g/mol. The molecular formula is C34H44OZr. The predicted molar refractivity (Wildman–Crippen MR) is 153 cm³/mol. The molecule has 1 unspecified atom stereocenters. The average Bonchev–Trinajstić information content (AvgIpc) is 3.39. The molecule has 0 saturated heterocycles. The van der Waals surface area contributed by atoms with E-state index in [2.05, 4.69) is 104 Å². The van der Waals surface area contributed by atoms with Crippen molar-refractivity contribution in [2.75, 3.05) is 7.11 Å². The molecule has 0 radical (unpaired) electrons. The molecule has 2 aliphatic rings. The summed E-state index contributed by atoms with van der Waals surface area (Å²) in [5.41, 5.74) is 11.5. The quantitative estimate of drug-likeness (QED) is 0.328. The van der Waals surface area contributed by atoms with Crippen LogP contribution in [-0.2, 0) is 34.1 Å². The summed E-state index contributed by atoms with van der Waals surface area (Å²) < 4.78 is 8.51. The monoisotopic (exact) mass is 558 g/mol. The van der Waals surface area contributed by atoms with Gasteiger partial charge in [0.2, 0.25) is 0 Å². The maximum absolute atomic E-state index is 6.04. The Hall–Kier alpha value is -1.66. The first-order valence-corrected chi connectivity index (χ1v) is 16.3. The summed E-state index contributed by atoms with van der Waals surface area (Å²) in [5, 5.41) is 0. The van der Waals surface area contributed by atoms with Crippen molar-refractivity contribution in [1.29, 1.82) is 0 Å². The van der Waals surface area contributed by atoms with Crippen molar-refractivity contribution in [2.24, 2.45) is 0 Å². The standard InChI is InChI=1S/C25H31O.C9H13.Zr/c1-16-12-17-10-9-11-19(20(17)13-16)18-14-21(24(2,3)4)23(26-8)22(15-18)25(5,6)7;1-2-3-6-9-7-4-5-8-9;/h9-15H,1-8H3;4,7H,2-3,5-6H2,1H3;. The second-order valence-electron chi connectivity index (χ2n) is 12.6. The van der Waals surface area contributed by atoms with Gasteiger partial charge in [-0.15, -0.1) is 0 Å². The van der Waals surface area contributed by atoms with E-state index in [0.29, 0.717) is 3.63 Å². The fourth-order valence-corrected chi connectivity index (χ4v) is 9.76. The molecule has 0 amide bonds. The van der Waals surface area contributed by atoms with Crippen molar-refractivity contribution >= 4 is 6.08 Å². The van der Waals surface area contributed by atoms with Gasteiger partial charge in [0, 0.05) is 0 Å². The molecule has 0 aliphatic heterocycles. The molecule has 36 heavy (non-hydrogen) atoms. The number of unbranched alkanes of at least 4 members (excludes halogenated alkanes) is 1. The third-order valence-corrected chi connectivity index (χ3v) is 12.4. The van der Waals surface area contributed by atoms with Gasteiger partial charge in [0.1, 0.15) is 0 Å². The SMILES string of the molecule is CCCCC1=[C]([Zr][CH]2C(C)=Cc3c(-c4cc(C(C)(C)C)c(OC)c(C(C)(C)C)c4)cccc32)CC=C1. The molecule has 0 N–H and O–H groups in total. The van der Waals surface area contributed by atoms with Gasteiger partial charge >= 0.3 is 233 Å². The van der Waals surface area contributed by atoms with Gasteiger partial charge in [-0.25, -0.2) is 0 Å². The Morgan fingerprint density at radius 2 is 1.67 bits per heavy atom. The molecule has 190 valence electrons. The van der Waals surface area contributed by atoms with E-state index >= 15 is 0 Å². The second-order valence-corrected chi connectivity index (χ2v) is 16.2. The zero-order valence-corrected chi connectivity index (χ0v) is 26.4. The van der Waals surface area contributed by atoms with Gasteiger partial charge < -0.3 is 0 Å². The van der Waals surface area contributed by atoms with Crippen LogP contribution in [0.5, 0.6) is 5.75 Å². The van der Waals surface area contributed by atoms with Gasteiger partial charge in [0.05, 0.1) is 0 Å². The van der Waals surface area contributed by atoms with Gasteiger partial charge in [-0.1, -0.05) is 0 Å². The third-order valence-electron chi connectivity index (χ3n) is 7.65. The van der Waals surface area contributed by atoms with Crippen LogP contribution < -0.4 is 4.74 Å². The number of ether oxygens (including phenoxy) is 1. The number of benzene rings is 2. The molecule has 2 aromatic rings. The van der Waals surface area contributed by atoms with Crippen molar-refractivity contribution in [2.45, 2.75) is 95.5 Å². The van der Waals surface area contributed by atoms with E-state index in [4.69, 9.17) is 4.74 Å². The van der Waals surface area contributed by atoms with E-state index in [1.807, 2.05) is 10.4 Å². The average molecular weight is 560 g/mol. The van der Waals surface area contributed by atoms with Crippen LogP contribution in [0, 0.1) is 0 Å². The van der Waals surface area contributed by atoms with E-state index in [0.717, 1.165) is 5.75 Å². The second kappa shape index (κ2) is 10.6. The minimum atomic E-state index is -0.753. The van der Waals surface area contributed by atoms with Crippen LogP contribution in [0.1, 0.15) is 107 Å². The number of allylic oxidation sites excluding steroid dienone is 5. The Morgan fingerprint density at radius 1 is 1.00 bits per heavy atom. The van der Waals surface area contributed by atoms with Crippen molar-refractivity contribution in [1.82, 2.24) is 0 Å². The number of fused-ring (bicyclic) bond motifs is 1. The fourth-order valence-electron chi connectivity index (χ4n) is 5.59. The Morgan fingerprint density at radius 3 is 2.25 bits per heavy atom. The van der Waals surface area contributed by atoms with Crippen molar-refractivity contribution in [3.05, 3.63) is 79.2 Å². The Kier molecular flexibility index (Phi) is 8.07. The maximum atomic E-state index is 6.04. The van der Waals surface area contributed by atoms with Crippen molar-refractivity contribution < 1.29 is 28.0 Å². The molecule has 0 bridgehead atoms. The van der Waals surface area contributed by atoms with E-state index in [9.17, 15) is 0 Å². The van der Waals surface area contributed by atoms with Crippen LogP contribution in [0.3, 0.4) is 0 Å². The predicted octanol–water partition coefficient (Wildman–Crippen LogP) is 9.90. The summed E-state index contributed by atoms with van der Waals surface area (Å²) in [6, 6.07) is 11.8. The Balaban J connectivity index is 1.81. The van der Waals surface area contributed by atoms with E-state index in [1.54, 1.807) is 16.7 Å². The molecule has 1 atom stereocenters. The molecule has 4 rings (SSSR count). The summed E-state index contributed by atoms with van der Waals surface area (Å²) in [4.78, 5) is 0. The zero-order valence-electron chi connectivity index (χ0n) is 23.9. The minimum absolute atomic E-state index is 0.00109. The first-order valence-electron chi connectivity index (χ1n) is 13.6. The van der Waals surface area contributed by atoms with Crippen molar-refractivity contribution in [3.8, 4) is 16.9 Å². The number of hydrogen-bond acceptors (Lipinski definition) is 1. The molecule has 2 aliphatic carbocycles. The normalized spacial score (nSPS) is 17.5. The first kappa shape index (κ1) is 27.4. The topological polar surface area (TPSA) is 9.23 Å². The van der Waals surface area contributed by atoms with Crippen LogP contribution in [0.4, 0.5) is 0 Å². The molecule has 0 fully saturated rings. The fraction of sp³-hybridized carbons (Fsp3) is 0.471. The molecule has 0 spiro atoms. The van der Waals surface area contributed by atoms with Gasteiger partial charge in [-0.05, 0) is 0 Å². The molecule has 0 aromatic heterocycles.